The van der Waals surface area contributed by atoms with Crippen molar-refractivity contribution in [2.45, 2.75) is 18.0 Å². The monoisotopic (exact) mass is 433 g/mol. The number of carbonyl (C=O) groups is 2. The highest BCUT2D eigenvalue weighted by molar-refractivity contribution is 7.92. The SMILES string of the molecule is Cc1cc(S(=O)(=O)Nc2cc(C(=O)O)cc(C(F)(F)F)c2)ccc1OCC(=O)O. The highest BCUT2D eigenvalue weighted by atomic mass is 32.2. The molecule has 0 aliphatic heterocycles. The zero-order chi connectivity index (χ0) is 22.0. The second-order valence-corrected chi connectivity index (χ2v) is 7.50. The zero-order valence-corrected chi connectivity index (χ0v) is 15.5. The standard InChI is InChI=1S/C17H14F3NO7S/c1-9-4-13(2-3-14(9)28-8-15(22)23)29(26,27)21-12-6-10(16(24)25)5-11(7-12)17(18,19)20/h2-7,21H,8H2,1H3,(H,22,23)(H,24,25). The van der Waals surface area contributed by atoms with Gasteiger partial charge >= 0.3 is 18.1 Å². The Balaban J connectivity index is 2.38. The van der Waals surface area contributed by atoms with E-state index in [-0.39, 0.29) is 16.2 Å². The first-order chi connectivity index (χ1) is 13.3. The molecule has 0 unspecified atom stereocenters. The van der Waals surface area contributed by atoms with Gasteiger partial charge in [-0.05, 0) is 48.9 Å². The summed E-state index contributed by atoms with van der Waals surface area (Å²) in [5.41, 5.74) is -2.39. The lowest BCUT2D eigenvalue weighted by Crippen LogP contribution is -2.16. The third kappa shape index (κ3) is 5.60. The number of benzene rings is 2. The van der Waals surface area contributed by atoms with Crippen LogP contribution in [0.4, 0.5) is 18.9 Å². The maximum absolute atomic E-state index is 13.0. The molecule has 2 rings (SSSR count). The molecule has 2 aromatic rings. The minimum absolute atomic E-state index is 0.110. The number of aliphatic carboxylic acids is 1. The Hall–Kier alpha value is -3.28. The summed E-state index contributed by atoms with van der Waals surface area (Å²) in [5, 5.41) is 17.6. The summed E-state index contributed by atoms with van der Waals surface area (Å²) in [6.07, 6.45) is -4.88. The van der Waals surface area contributed by atoms with Gasteiger partial charge in [0.05, 0.1) is 21.7 Å². The van der Waals surface area contributed by atoms with Gasteiger partial charge in [0, 0.05) is 0 Å². The van der Waals surface area contributed by atoms with Crippen LogP contribution >= 0.6 is 0 Å². The molecule has 0 fully saturated rings. The van der Waals surface area contributed by atoms with Crippen LogP contribution in [0.25, 0.3) is 0 Å². The van der Waals surface area contributed by atoms with Crippen molar-refractivity contribution in [2.24, 2.45) is 0 Å². The first kappa shape index (κ1) is 22.0. The smallest absolute Gasteiger partial charge is 0.416 e. The van der Waals surface area contributed by atoms with Crippen LogP contribution in [0.1, 0.15) is 21.5 Å². The number of carboxylic acid groups (broad SMARTS) is 2. The Kier molecular flexibility index (Phi) is 6.07. The van der Waals surface area contributed by atoms with Gasteiger partial charge in [-0.25, -0.2) is 18.0 Å². The average molecular weight is 433 g/mol. The number of aryl methyl sites for hydroxylation is 1. The fraction of sp³-hybridized carbons (Fsp3) is 0.176. The first-order valence-corrected chi connectivity index (χ1v) is 9.21. The summed E-state index contributed by atoms with van der Waals surface area (Å²) >= 11 is 0. The molecular weight excluding hydrogens is 419 g/mol. The summed E-state index contributed by atoms with van der Waals surface area (Å²) in [4.78, 5) is 21.3. The van der Waals surface area contributed by atoms with Crippen molar-refractivity contribution in [1.29, 1.82) is 0 Å². The van der Waals surface area contributed by atoms with Crippen LogP contribution in [-0.2, 0) is 21.0 Å². The predicted molar refractivity (Wildman–Crippen MR) is 93.5 cm³/mol. The summed E-state index contributed by atoms with van der Waals surface area (Å²) < 4.78 is 70.8. The topological polar surface area (TPSA) is 130 Å². The van der Waals surface area contributed by atoms with E-state index in [0.717, 1.165) is 18.2 Å². The van der Waals surface area contributed by atoms with Crippen LogP contribution in [0, 0.1) is 6.92 Å². The van der Waals surface area contributed by atoms with Crippen LogP contribution in [-0.4, -0.2) is 37.2 Å². The van der Waals surface area contributed by atoms with Gasteiger partial charge < -0.3 is 14.9 Å². The molecule has 3 N–H and O–H groups in total. The van der Waals surface area contributed by atoms with Crippen LogP contribution in [0.2, 0.25) is 0 Å². The van der Waals surface area contributed by atoms with E-state index in [0.29, 0.717) is 12.1 Å². The Morgan fingerprint density at radius 1 is 1.10 bits per heavy atom. The van der Waals surface area contributed by atoms with E-state index in [4.69, 9.17) is 14.9 Å². The normalized spacial score (nSPS) is 11.7. The van der Waals surface area contributed by atoms with Crippen molar-refractivity contribution >= 4 is 27.6 Å². The lowest BCUT2D eigenvalue weighted by molar-refractivity contribution is -0.139. The summed E-state index contributed by atoms with van der Waals surface area (Å²) in [7, 11) is -4.37. The van der Waals surface area contributed by atoms with Crippen LogP contribution in [0.5, 0.6) is 5.75 Å². The fourth-order valence-electron chi connectivity index (χ4n) is 2.28. The zero-order valence-electron chi connectivity index (χ0n) is 14.6. The van der Waals surface area contributed by atoms with Crippen LogP contribution < -0.4 is 9.46 Å². The summed E-state index contributed by atoms with van der Waals surface area (Å²) in [5.74, 6) is -2.78. The molecule has 0 saturated carbocycles. The molecule has 12 heteroatoms. The van der Waals surface area contributed by atoms with Crippen molar-refractivity contribution < 1.29 is 46.1 Å². The summed E-state index contributed by atoms with van der Waals surface area (Å²) in [6, 6.07) is 5.01. The lowest BCUT2D eigenvalue weighted by atomic mass is 10.1. The molecule has 2 aromatic carbocycles. The second-order valence-electron chi connectivity index (χ2n) is 5.82. The minimum atomic E-state index is -4.88. The molecule has 0 heterocycles. The van der Waals surface area contributed by atoms with Gasteiger partial charge in [0.2, 0.25) is 0 Å². The van der Waals surface area contributed by atoms with Gasteiger partial charge in [-0.1, -0.05) is 0 Å². The maximum atomic E-state index is 13.0. The van der Waals surface area contributed by atoms with E-state index in [1.165, 1.54) is 13.0 Å². The third-order valence-electron chi connectivity index (χ3n) is 3.57. The Morgan fingerprint density at radius 3 is 2.28 bits per heavy atom. The van der Waals surface area contributed by atoms with Crippen LogP contribution in [0.15, 0.2) is 41.3 Å². The number of ether oxygens (including phenoxy) is 1. The number of carboxylic acids is 2. The van der Waals surface area contributed by atoms with Crippen molar-refractivity contribution in [1.82, 2.24) is 0 Å². The molecule has 0 aliphatic rings. The molecule has 0 radical (unpaired) electrons. The third-order valence-corrected chi connectivity index (χ3v) is 4.95. The minimum Gasteiger partial charge on any atom is -0.482 e. The molecule has 0 aromatic heterocycles. The van der Waals surface area contributed by atoms with Crippen molar-refractivity contribution in [3.63, 3.8) is 0 Å². The van der Waals surface area contributed by atoms with E-state index < -0.39 is 51.6 Å². The number of nitrogens with one attached hydrogen (secondary N) is 1. The van der Waals surface area contributed by atoms with Crippen molar-refractivity contribution in [3.05, 3.63) is 53.1 Å². The van der Waals surface area contributed by atoms with Gasteiger partial charge in [0.1, 0.15) is 5.75 Å². The van der Waals surface area contributed by atoms with Gasteiger partial charge in [-0.15, -0.1) is 0 Å². The summed E-state index contributed by atoms with van der Waals surface area (Å²) in [6.45, 7) is 0.802. The Bertz CT molecular complexity index is 1070. The number of alkyl halides is 3. The number of sulfonamides is 1. The van der Waals surface area contributed by atoms with E-state index in [1.54, 1.807) is 0 Å². The lowest BCUT2D eigenvalue weighted by Gasteiger charge is -2.14. The molecular formula is C17H14F3NO7S. The second kappa shape index (κ2) is 7.99. The number of hydrogen-bond donors (Lipinski definition) is 3. The van der Waals surface area contributed by atoms with E-state index in [2.05, 4.69) is 0 Å². The van der Waals surface area contributed by atoms with Crippen LogP contribution in [0.3, 0.4) is 0 Å². The molecule has 0 atom stereocenters. The van der Waals surface area contributed by atoms with Gasteiger partial charge in [0.25, 0.3) is 10.0 Å². The number of hydrogen-bond acceptors (Lipinski definition) is 5. The molecule has 0 spiro atoms. The Morgan fingerprint density at radius 2 is 1.76 bits per heavy atom. The van der Waals surface area contributed by atoms with Gasteiger partial charge in [0.15, 0.2) is 6.61 Å². The van der Waals surface area contributed by atoms with E-state index in [9.17, 15) is 31.2 Å². The first-order valence-electron chi connectivity index (χ1n) is 7.73. The number of rotatable bonds is 7. The highest BCUT2D eigenvalue weighted by Crippen LogP contribution is 2.33. The Labute approximate surface area is 162 Å². The molecule has 156 valence electrons. The maximum Gasteiger partial charge on any atom is 0.416 e. The molecule has 0 aliphatic carbocycles. The molecule has 0 saturated heterocycles. The molecule has 8 nitrogen and oxygen atoms in total. The van der Waals surface area contributed by atoms with Crippen molar-refractivity contribution in [2.75, 3.05) is 11.3 Å². The largest absolute Gasteiger partial charge is 0.482 e. The molecule has 0 bridgehead atoms. The molecule has 0 amide bonds. The van der Waals surface area contributed by atoms with E-state index >= 15 is 0 Å². The van der Waals surface area contributed by atoms with Gasteiger partial charge in [-0.2, -0.15) is 13.2 Å². The van der Waals surface area contributed by atoms with Crippen molar-refractivity contribution in [3.8, 4) is 5.75 Å². The quantitative estimate of drug-likeness (QED) is 0.612. The number of aromatic carboxylic acids is 1. The number of anilines is 1. The molecule has 29 heavy (non-hydrogen) atoms. The average Bonchev–Trinajstić information content (AvgIpc) is 2.59. The van der Waals surface area contributed by atoms with E-state index in [1.807, 2.05) is 4.72 Å². The highest BCUT2D eigenvalue weighted by Gasteiger charge is 2.32. The van der Waals surface area contributed by atoms with Gasteiger partial charge in [-0.3, -0.25) is 4.72 Å². The predicted octanol–water partition coefficient (Wildman–Crippen LogP) is 2.98. The fourth-order valence-corrected chi connectivity index (χ4v) is 3.40. The number of halogens is 3.